The van der Waals surface area contributed by atoms with Gasteiger partial charge in [0.15, 0.2) is 0 Å². The van der Waals surface area contributed by atoms with Crippen molar-refractivity contribution < 1.29 is 9.59 Å². The highest BCUT2D eigenvalue weighted by molar-refractivity contribution is 5.80. The number of aryl methyl sites for hydroxylation is 2. The van der Waals surface area contributed by atoms with Gasteiger partial charge in [0.05, 0.1) is 6.42 Å². The van der Waals surface area contributed by atoms with Gasteiger partial charge < -0.3 is 9.80 Å². The van der Waals surface area contributed by atoms with E-state index < -0.39 is 0 Å². The van der Waals surface area contributed by atoms with Crippen LogP contribution in [0.25, 0.3) is 0 Å². The van der Waals surface area contributed by atoms with Crippen LogP contribution in [0, 0.1) is 5.92 Å². The van der Waals surface area contributed by atoms with Crippen LogP contribution in [0.1, 0.15) is 37.0 Å². The Morgan fingerprint density at radius 2 is 1.65 bits per heavy atom. The van der Waals surface area contributed by atoms with Crippen molar-refractivity contribution >= 4 is 11.8 Å². The number of piperazine rings is 1. The van der Waals surface area contributed by atoms with Gasteiger partial charge in [-0.15, -0.1) is 0 Å². The van der Waals surface area contributed by atoms with Crippen molar-refractivity contribution in [3.05, 3.63) is 34.9 Å². The van der Waals surface area contributed by atoms with Crippen LogP contribution in [0.5, 0.6) is 0 Å². The van der Waals surface area contributed by atoms with Gasteiger partial charge in [0.2, 0.25) is 11.8 Å². The summed E-state index contributed by atoms with van der Waals surface area (Å²) in [4.78, 5) is 28.3. The molecule has 0 atom stereocenters. The maximum absolute atomic E-state index is 12.5. The number of hydrogen-bond donors (Lipinski definition) is 0. The lowest BCUT2D eigenvalue weighted by molar-refractivity contribution is -0.141. The van der Waals surface area contributed by atoms with E-state index in [2.05, 4.69) is 18.2 Å². The fraction of sp³-hybridized carbons (Fsp3) is 0.579. The van der Waals surface area contributed by atoms with Crippen LogP contribution in [-0.2, 0) is 28.9 Å². The van der Waals surface area contributed by atoms with E-state index in [1.807, 2.05) is 23.6 Å². The van der Waals surface area contributed by atoms with E-state index >= 15 is 0 Å². The summed E-state index contributed by atoms with van der Waals surface area (Å²) in [7, 11) is 0. The molecule has 1 heterocycles. The average Bonchev–Trinajstić information content (AvgIpc) is 3.01. The van der Waals surface area contributed by atoms with E-state index in [4.69, 9.17) is 0 Å². The first-order valence-electron chi connectivity index (χ1n) is 8.72. The number of benzene rings is 1. The maximum atomic E-state index is 12.5. The minimum atomic E-state index is 0.0312. The summed E-state index contributed by atoms with van der Waals surface area (Å²) in [6, 6.07) is 6.49. The first kappa shape index (κ1) is 16.0. The summed E-state index contributed by atoms with van der Waals surface area (Å²) in [5, 5.41) is 0. The van der Waals surface area contributed by atoms with Crippen molar-refractivity contribution in [2.45, 2.75) is 39.5 Å². The Kier molecular flexibility index (Phi) is 4.69. The molecule has 124 valence electrons. The van der Waals surface area contributed by atoms with Crippen LogP contribution in [0.3, 0.4) is 0 Å². The van der Waals surface area contributed by atoms with Crippen molar-refractivity contribution in [2.24, 2.45) is 5.92 Å². The Morgan fingerprint density at radius 3 is 2.35 bits per heavy atom. The van der Waals surface area contributed by atoms with Crippen molar-refractivity contribution in [3.8, 4) is 0 Å². The van der Waals surface area contributed by atoms with Gasteiger partial charge in [-0.2, -0.15) is 0 Å². The number of carbonyl (C=O) groups is 2. The molecule has 3 rings (SSSR count). The maximum Gasteiger partial charge on any atom is 0.227 e. The van der Waals surface area contributed by atoms with E-state index in [0.29, 0.717) is 32.6 Å². The molecule has 0 spiro atoms. The number of nitrogens with zero attached hydrogens (tertiary/aromatic N) is 2. The predicted octanol–water partition coefficient (Wildman–Crippen LogP) is 2.04. The minimum Gasteiger partial charge on any atom is -0.339 e. The predicted molar refractivity (Wildman–Crippen MR) is 90.2 cm³/mol. The fourth-order valence-corrected chi connectivity index (χ4v) is 3.56. The molecule has 23 heavy (non-hydrogen) atoms. The average molecular weight is 314 g/mol. The molecule has 0 saturated carbocycles. The van der Waals surface area contributed by atoms with Gasteiger partial charge in [0, 0.05) is 32.1 Å². The molecule has 0 radical (unpaired) electrons. The van der Waals surface area contributed by atoms with Crippen LogP contribution in [0.2, 0.25) is 0 Å². The number of rotatable bonds is 3. The van der Waals surface area contributed by atoms with Crippen molar-refractivity contribution in [2.75, 3.05) is 26.2 Å². The third kappa shape index (κ3) is 3.57. The largest absolute Gasteiger partial charge is 0.339 e. The normalized spacial score (nSPS) is 17.5. The smallest absolute Gasteiger partial charge is 0.227 e. The minimum absolute atomic E-state index is 0.0312. The standard InChI is InChI=1S/C19H26N2O2/c1-14(2)19(23)21-10-8-20(9-11-21)18(22)13-15-6-7-16-4-3-5-17(16)12-15/h6-7,12,14H,3-5,8-11,13H2,1-2H3. The molecule has 0 aromatic heterocycles. The summed E-state index contributed by atoms with van der Waals surface area (Å²) in [6.45, 7) is 6.48. The lowest BCUT2D eigenvalue weighted by atomic mass is 10.0. The van der Waals surface area contributed by atoms with Gasteiger partial charge in [-0.05, 0) is 36.0 Å². The molecule has 4 heteroatoms. The molecule has 2 amide bonds. The number of carbonyl (C=O) groups excluding carboxylic acids is 2. The molecule has 2 aliphatic rings. The highest BCUT2D eigenvalue weighted by atomic mass is 16.2. The highest BCUT2D eigenvalue weighted by Crippen LogP contribution is 2.23. The molecule has 4 nitrogen and oxygen atoms in total. The van der Waals surface area contributed by atoms with Crippen LogP contribution < -0.4 is 0 Å². The quantitative estimate of drug-likeness (QED) is 0.857. The monoisotopic (exact) mass is 314 g/mol. The van der Waals surface area contributed by atoms with Gasteiger partial charge in [-0.1, -0.05) is 32.0 Å². The van der Waals surface area contributed by atoms with E-state index in [1.54, 1.807) is 0 Å². The third-order valence-electron chi connectivity index (χ3n) is 4.96. The van der Waals surface area contributed by atoms with Gasteiger partial charge in [-0.25, -0.2) is 0 Å². The molecule has 1 saturated heterocycles. The van der Waals surface area contributed by atoms with Gasteiger partial charge in [0.1, 0.15) is 0 Å². The molecular formula is C19H26N2O2. The zero-order chi connectivity index (χ0) is 16.4. The SMILES string of the molecule is CC(C)C(=O)N1CCN(C(=O)Cc2ccc3c(c2)CCC3)CC1. The van der Waals surface area contributed by atoms with Crippen molar-refractivity contribution in [3.63, 3.8) is 0 Å². The molecule has 1 aromatic carbocycles. The van der Waals surface area contributed by atoms with E-state index in [9.17, 15) is 9.59 Å². The van der Waals surface area contributed by atoms with Crippen LogP contribution in [0.15, 0.2) is 18.2 Å². The Morgan fingerprint density at radius 1 is 1.00 bits per heavy atom. The van der Waals surface area contributed by atoms with E-state index in [1.165, 1.54) is 24.0 Å². The van der Waals surface area contributed by atoms with Gasteiger partial charge in [-0.3, -0.25) is 9.59 Å². The summed E-state index contributed by atoms with van der Waals surface area (Å²) in [6.07, 6.45) is 4.03. The second kappa shape index (κ2) is 6.73. The lowest BCUT2D eigenvalue weighted by Gasteiger charge is -2.35. The van der Waals surface area contributed by atoms with Gasteiger partial charge in [0.25, 0.3) is 0 Å². The third-order valence-corrected chi connectivity index (χ3v) is 4.96. The summed E-state index contributed by atoms with van der Waals surface area (Å²) in [5.74, 6) is 0.402. The Balaban J connectivity index is 1.55. The van der Waals surface area contributed by atoms with E-state index in [0.717, 1.165) is 12.0 Å². The molecule has 1 fully saturated rings. The fourth-order valence-electron chi connectivity index (χ4n) is 3.56. The second-order valence-corrected chi connectivity index (χ2v) is 6.99. The van der Waals surface area contributed by atoms with E-state index in [-0.39, 0.29) is 17.7 Å². The zero-order valence-electron chi connectivity index (χ0n) is 14.2. The first-order valence-corrected chi connectivity index (χ1v) is 8.72. The molecule has 1 aliphatic heterocycles. The zero-order valence-corrected chi connectivity index (χ0v) is 14.2. The summed E-state index contributed by atoms with van der Waals surface area (Å²) >= 11 is 0. The van der Waals surface area contributed by atoms with Crippen LogP contribution in [0.4, 0.5) is 0 Å². The molecule has 0 N–H and O–H groups in total. The lowest BCUT2D eigenvalue weighted by Crippen LogP contribution is -2.51. The molecular weight excluding hydrogens is 288 g/mol. The number of fused-ring (bicyclic) bond motifs is 1. The van der Waals surface area contributed by atoms with Crippen molar-refractivity contribution in [1.82, 2.24) is 9.80 Å². The number of hydrogen-bond acceptors (Lipinski definition) is 2. The van der Waals surface area contributed by atoms with Crippen LogP contribution in [-0.4, -0.2) is 47.8 Å². The van der Waals surface area contributed by atoms with Crippen molar-refractivity contribution in [1.29, 1.82) is 0 Å². The first-order chi connectivity index (χ1) is 11.0. The Hall–Kier alpha value is -1.84. The molecule has 1 aliphatic carbocycles. The number of amides is 2. The highest BCUT2D eigenvalue weighted by Gasteiger charge is 2.25. The molecule has 0 unspecified atom stereocenters. The van der Waals surface area contributed by atoms with Gasteiger partial charge >= 0.3 is 0 Å². The van der Waals surface area contributed by atoms with Crippen LogP contribution >= 0.6 is 0 Å². The molecule has 0 bridgehead atoms. The Bertz CT molecular complexity index is 601. The summed E-state index contributed by atoms with van der Waals surface area (Å²) in [5.41, 5.74) is 3.99. The Labute approximate surface area is 138 Å². The summed E-state index contributed by atoms with van der Waals surface area (Å²) < 4.78 is 0. The topological polar surface area (TPSA) is 40.6 Å². The molecule has 1 aromatic rings. The second-order valence-electron chi connectivity index (χ2n) is 6.99.